The molecule has 0 amide bonds. The number of nitrogens with one attached hydrogen (secondary N) is 1. The number of hydrogen-bond acceptors (Lipinski definition) is 6. The van der Waals surface area contributed by atoms with E-state index >= 15 is 0 Å². The average Bonchev–Trinajstić information content (AvgIpc) is 2.78. The van der Waals surface area contributed by atoms with Crippen molar-refractivity contribution in [1.82, 2.24) is 19.3 Å². The summed E-state index contributed by atoms with van der Waals surface area (Å²) < 4.78 is 27.2. The molecule has 0 aliphatic carbocycles. The van der Waals surface area contributed by atoms with Crippen molar-refractivity contribution in [1.29, 1.82) is 0 Å². The van der Waals surface area contributed by atoms with Gasteiger partial charge in [0.25, 0.3) is 0 Å². The molecule has 4 rings (SSSR count). The third-order valence-corrected chi connectivity index (χ3v) is 7.56. The van der Waals surface area contributed by atoms with Gasteiger partial charge in [-0.3, -0.25) is 4.98 Å². The zero-order valence-corrected chi connectivity index (χ0v) is 18.6. The Balaban J connectivity index is 1.43. The number of hydrogen-bond donors (Lipinski definition) is 1. The highest BCUT2D eigenvalue weighted by atomic mass is 32.2. The highest BCUT2D eigenvalue weighted by molar-refractivity contribution is 7.88. The number of piperidine rings is 1. The quantitative estimate of drug-likeness (QED) is 0.634. The molecule has 3 aromatic rings. The van der Waals surface area contributed by atoms with Crippen LogP contribution in [-0.4, -0.2) is 46.8 Å². The van der Waals surface area contributed by atoms with Crippen molar-refractivity contribution in [3.8, 4) is 11.4 Å². The lowest BCUT2D eigenvalue weighted by Crippen LogP contribution is -2.43. The van der Waals surface area contributed by atoms with Gasteiger partial charge >= 0.3 is 0 Å². The van der Waals surface area contributed by atoms with E-state index in [0.717, 1.165) is 41.0 Å². The second-order valence-electron chi connectivity index (χ2n) is 7.90. The Labute approximate surface area is 183 Å². The summed E-state index contributed by atoms with van der Waals surface area (Å²) in [7, 11) is -3.32. The lowest BCUT2D eigenvalue weighted by atomic mass is 10.1. The van der Waals surface area contributed by atoms with Gasteiger partial charge in [-0.15, -0.1) is 0 Å². The van der Waals surface area contributed by atoms with E-state index < -0.39 is 10.0 Å². The fourth-order valence-electron chi connectivity index (χ4n) is 3.75. The monoisotopic (exact) mass is 437 g/mol. The van der Waals surface area contributed by atoms with Crippen LogP contribution < -0.4 is 5.32 Å². The summed E-state index contributed by atoms with van der Waals surface area (Å²) in [6, 6.07) is 13.3. The SMILES string of the molecule is Cc1nc(-c2ccncc2)nc(NC2CCN(S(=O)(=O)Cc3ccccc3)CC2)c1C. The Bertz CT molecular complexity index is 1130. The van der Waals surface area contributed by atoms with Crippen molar-refractivity contribution in [2.24, 2.45) is 0 Å². The lowest BCUT2D eigenvalue weighted by molar-refractivity contribution is 0.329. The van der Waals surface area contributed by atoms with Crippen LogP contribution in [0, 0.1) is 13.8 Å². The molecule has 0 saturated carbocycles. The van der Waals surface area contributed by atoms with Crippen molar-refractivity contribution in [3.63, 3.8) is 0 Å². The number of rotatable bonds is 6. The van der Waals surface area contributed by atoms with Crippen LogP contribution in [0.2, 0.25) is 0 Å². The first kappa shape index (κ1) is 21.4. The van der Waals surface area contributed by atoms with Gasteiger partial charge in [-0.05, 0) is 44.4 Å². The summed E-state index contributed by atoms with van der Waals surface area (Å²) in [5, 5.41) is 3.53. The number of pyridine rings is 1. The first-order valence-electron chi connectivity index (χ1n) is 10.5. The van der Waals surface area contributed by atoms with Gasteiger partial charge in [0.1, 0.15) is 5.82 Å². The van der Waals surface area contributed by atoms with Gasteiger partial charge in [0, 0.05) is 48.3 Å². The topological polar surface area (TPSA) is 88.1 Å². The van der Waals surface area contributed by atoms with Gasteiger partial charge in [0.05, 0.1) is 5.75 Å². The first-order chi connectivity index (χ1) is 14.9. The Morgan fingerprint density at radius 1 is 1.00 bits per heavy atom. The molecule has 1 aromatic carbocycles. The fraction of sp³-hybridized carbons (Fsp3) is 0.348. The molecule has 1 aliphatic heterocycles. The molecule has 0 radical (unpaired) electrons. The van der Waals surface area contributed by atoms with Crippen molar-refractivity contribution in [3.05, 3.63) is 71.7 Å². The molecule has 162 valence electrons. The van der Waals surface area contributed by atoms with Gasteiger partial charge in [-0.25, -0.2) is 22.7 Å². The normalized spacial score (nSPS) is 15.7. The summed E-state index contributed by atoms with van der Waals surface area (Å²) in [6.07, 6.45) is 4.93. The summed E-state index contributed by atoms with van der Waals surface area (Å²) in [6.45, 7) is 5.00. The Morgan fingerprint density at radius 2 is 1.68 bits per heavy atom. The van der Waals surface area contributed by atoms with E-state index in [2.05, 4.69) is 15.3 Å². The molecule has 0 unspecified atom stereocenters. The van der Waals surface area contributed by atoms with Gasteiger partial charge in [0.15, 0.2) is 5.82 Å². The largest absolute Gasteiger partial charge is 0.367 e. The number of nitrogens with zero attached hydrogens (tertiary/aromatic N) is 4. The summed E-state index contributed by atoms with van der Waals surface area (Å²) in [5.74, 6) is 1.52. The van der Waals surface area contributed by atoms with Crippen molar-refractivity contribution in [2.75, 3.05) is 18.4 Å². The molecule has 0 spiro atoms. The minimum absolute atomic E-state index is 0.0471. The van der Waals surface area contributed by atoms with Crippen LogP contribution in [0.5, 0.6) is 0 Å². The lowest BCUT2D eigenvalue weighted by Gasteiger charge is -2.32. The van der Waals surface area contributed by atoms with E-state index in [0.29, 0.717) is 18.9 Å². The van der Waals surface area contributed by atoms with E-state index in [9.17, 15) is 8.42 Å². The predicted octanol–water partition coefficient (Wildman–Crippen LogP) is 3.56. The fourth-order valence-corrected chi connectivity index (χ4v) is 5.31. The van der Waals surface area contributed by atoms with Gasteiger partial charge in [-0.1, -0.05) is 30.3 Å². The zero-order chi connectivity index (χ0) is 21.8. The molecule has 0 bridgehead atoms. The Morgan fingerprint density at radius 3 is 2.35 bits per heavy atom. The maximum atomic E-state index is 12.8. The molecule has 2 aromatic heterocycles. The Hall–Kier alpha value is -2.84. The van der Waals surface area contributed by atoms with Crippen LogP contribution in [0.25, 0.3) is 11.4 Å². The molecule has 1 N–H and O–H groups in total. The van der Waals surface area contributed by atoms with Crippen LogP contribution in [0.15, 0.2) is 54.9 Å². The van der Waals surface area contributed by atoms with Gasteiger partial charge < -0.3 is 5.32 Å². The third-order valence-electron chi connectivity index (χ3n) is 5.71. The maximum absolute atomic E-state index is 12.8. The highest BCUT2D eigenvalue weighted by Crippen LogP contribution is 2.25. The number of sulfonamides is 1. The molecule has 3 heterocycles. The van der Waals surface area contributed by atoms with Crippen LogP contribution in [0.1, 0.15) is 29.7 Å². The molecular weight excluding hydrogens is 410 g/mol. The smallest absolute Gasteiger partial charge is 0.218 e. The van der Waals surface area contributed by atoms with Crippen molar-refractivity contribution >= 4 is 15.8 Å². The molecule has 1 fully saturated rings. The molecule has 0 atom stereocenters. The summed E-state index contributed by atoms with van der Waals surface area (Å²) >= 11 is 0. The first-order valence-corrected chi connectivity index (χ1v) is 12.1. The van der Waals surface area contributed by atoms with E-state index in [-0.39, 0.29) is 11.8 Å². The second kappa shape index (κ2) is 9.11. The van der Waals surface area contributed by atoms with Crippen molar-refractivity contribution < 1.29 is 8.42 Å². The summed E-state index contributed by atoms with van der Waals surface area (Å²) in [4.78, 5) is 13.4. The van der Waals surface area contributed by atoms with E-state index in [4.69, 9.17) is 4.98 Å². The minimum atomic E-state index is -3.32. The molecule has 1 saturated heterocycles. The standard InChI is InChI=1S/C23H27N5O2S/c1-17-18(2)25-23(20-8-12-24-13-9-20)27-22(17)26-21-10-14-28(15-11-21)31(29,30)16-19-6-4-3-5-7-19/h3-9,12-13,21H,10-11,14-16H2,1-2H3,(H,25,26,27). The van der Waals surface area contributed by atoms with E-state index in [1.807, 2.05) is 56.3 Å². The average molecular weight is 438 g/mol. The number of benzene rings is 1. The minimum Gasteiger partial charge on any atom is -0.367 e. The third kappa shape index (κ3) is 5.08. The van der Waals surface area contributed by atoms with Crippen LogP contribution in [0.3, 0.4) is 0 Å². The summed E-state index contributed by atoms with van der Waals surface area (Å²) in [5.41, 5.74) is 3.67. The van der Waals surface area contributed by atoms with E-state index in [1.54, 1.807) is 16.7 Å². The molecule has 31 heavy (non-hydrogen) atoms. The van der Waals surface area contributed by atoms with Crippen LogP contribution in [0.4, 0.5) is 5.82 Å². The second-order valence-corrected chi connectivity index (χ2v) is 9.87. The van der Waals surface area contributed by atoms with Crippen LogP contribution >= 0.6 is 0 Å². The van der Waals surface area contributed by atoms with Gasteiger partial charge in [0.2, 0.25) is 10.0 Å². The zero-order valence-electron chi connectivity index (χ0n) is 17.8. The molecule has 1 aliphatic rings. The Kier molecular flexibility index (Phi) is 6.29. The number of aromatic nitrogens is 3. The molecular formula is C23H27N5O2S. The molecule has 7 nitrogen and oxygen atoms in total. The number of anilines is 1. The maximum Gasteiger partial charge on any atom is 0.218 e. The van der Waals surface area contributed by atoms with Crippen molar-refractivity contribution in [2.45, 2.75) is 38.5 Å². The van der Waals surface area contributed by atoms with Crippen LogP contribution in [-0.2, 0) is 15.8 Å². The highest BCUT2D eigenvalue weighted by Gasteiger charge is 2.28. The van der Waals surface area contributed by atoms with Gasteiger partial charge in [-0.2, -0.15) is 0 Å². The number of aryl methyl sites for hydroxylation is 1. The molecule has 8 heteroatoms. The van der Waals surface area contributed by atoms with E-state index in [1.165, 1.54) is 0 Å². The predicted molar refractivity (Wildman–Crippen MR) is 122 cm³/mol.